The number of rotatable bonds is 3. The minimum atomic E-state index is -2.98. The van der Waals surface area contributed by atoms with Gasteiger partial charge in [0.2, 0.25) is 0 Å². The maximum atomic E-state index is 12.9. The highest BCUT2D eigenvalue weighted by Crippen LogP contribution is 2.24. The van der Waals surface area contributed by atoms with E-state index in [1.54, 1.807) is 0 Å². The fourth-order valence-corrected chi connectivity index (χ4v) is 1.03. The molecule has 74 valence electrons. The van der Waals surface area contributed by atoms with Crippen molar-refractivity contribution in [3.8, 4) is 0 Å². The summed E-state index contributed by atoms with van der Waals surface area (Å²) >= 11 is 0. The van der Waals surface area contributed by atoms with Crippen molar-refractivity contribution >= 4 is 12.6 Å². The summed E-state index contributed by atoms with van der Waals surface area (Å²) in [5.41, 5.74) is -1.68. The number of alkyl halides is 2. The number of hydrogen-bond donors (Lipinski definition) is 0. The summed E-state index contributed by atoms with van der Waals surface area (Å²) in [6, 6.07) is 1.53. The Morgan fingerprint density at radius 2 is 1.79 bits per heavy atom. The Bertz CT molecular complexity index is 375. The third-order valence-corrected chi connectivity index (χ3v) is 1.67. The highest BCUT2D eigenvalue weighted by atomic mass is 19.3. The predicted octanol–water partition coefficient (Wildman–Crippen LogP) is 2.39. The highest BCUT2D eigenvalue weighted by molar-refractivity contribution is 5.82. The fourth-order valence-electron chi connectivity index (χ4n) is 1.03. The van der Waals surface area contributed by atoms with Crippen LogP contribution in [0.1, 0.15) is 32.7 Å². The van der Waals surface area contributed by atoms with Crippen LogP contribution in [0, 0.1) is 5.82 Å². The number of halogens is 3. The van der Waals surface area contributed by atoms with E-state index in [4.69, 9.17) is 0 Å². The molecule has 0 aliphatic rings. The normalized spacial score (nSPS) is 10.3. The monoisotopic (exact) mass is 202 g/mol. The third-order valence-electron chi connectivity index (χ3n) is 1.67. The molecule has 0 saturated heterocycles. The Morgan fingerprint density at radius 1 is 1.14 bits per heavy atom. The molecule has 2 nitrogen and oxygen atoms in total. The first-order chi connectivity index (χ1) is 6.60. The van der Waals surface area contributed by atoms with Gasteiger partial charge in [0.15, 0.2) is 6.29 Å². The lowest BCUT2D eigenvalue weighted by molar-refractivity contribution is 0.109. The molecule has 14 heavy (non-hydrogen) atoms. The molecule has 0 atom stereocenters. The van der Waals surface area contributed by atoms with Crippen LogP contribution in [0.25, 0.3) is 0 Å². The zero-order valence-corrected chi connectivity index (χ0v) is 6.84. The molecular formula is C9H5F3O2. The topological polar surface area (TPSA) is 34.1 Å². The van der Waals surface area contributed by atoms with Crippen LogP contribution in [0.5, 0.6) is 0 Å². The average Bonchev–Trinajstić information content (AvgIpc) is 2.16. The van der Waals surface area contributed by atoms with E-state index in [1.807, 2.05) is 0 Å². The van der Waals surface area contributed by atoms with Gasteiger partial charge in [-0.05, 0) is 12.1 Å². The molecule has 0 bridgehead atoms. The number of carbonyl (C=O) groups excluding carboxylic acids is 2. The van der Waals surface area contributed by atoms with Crippen molar-refractivity contribution in [2.75, 3.05) is 0 Å². The van der Waals surface area contributed by atoms with Gasteiger partial charge in [-0.3, -0.25) is 9.59 Å². The molecule has 0 aromatic heterocycles. The number of hydrogen-bond acceptors (Lipinski definition) is 2. The van der Waals surface area contributed by atoms with Gasteiger partial charge in [0.05, 0.1) is 5.56 Å². The second-order valence-corrected chi connectivity index (χ2v) is 2.54. The van der Waals surface area contributed by atoms with Crippen LogP contribution in [0.4, 0.5) is 13.2 Å². The molecule has 0 amide bonds. The quantitative estimate of drug-likeness (QED) is 0.705. The SMILES string of the molecule is O=Cc1cc(F)c(C=O)c(C(F)F)c1. The molecule has 1 rings (SSSR count). The minimum Gasteiger partial charge on any atom is -0.298 e. The maximum Gasteiger partial charge on any atom is 0.264 e. The first-order valence-corrected chi connectivity index (χ1v) is 3.62. The molecule has 0 aliphatic carbocycles. The van der Waals surface area contributed by atoms with Crippen LogP contribution >= 0.6 is 0 Å². The molecule has 0 N–H and O–H groups in total. The summed E-state index contributed by atoms with van der Waals surface area (Å²) in [4.78, 5) is 20.5. The van der Waals surface area contributed by atoms with Crippen LogP contribution in [-0.4, -0.2) is 12.6 Å². The highest BCUT2D eigenvalue weighted by Gasteiger charge is 2.17. The van der Waals surface area contributed by atoms with Crippen molar-refractivity contribution in [2.24, 2.45) is 0 Å². The summed E-state index contributed by atoms with van der Waals surface area (Å²) in [5.74, 6) is -1.11. The van der Waals surface area contributed by atoms with E-state index in [9.17, 15) is 22.8 Å². The number of carbonyl (C=O) groups is 2. The molecule has 0 heterocycles. The van der Waals surface area contributed by atoms with Crippen molar-refractivity contribution < 1.29 is 22.8 Å². The first-order valence-electron chi connectivity index (χ1n) is 3.62. The van der Waals surface area contributed by atoms with Gasteiger partial charge in [0, 0.05) is 11.1 Å². The molecule has 0 saturated carbocycles. The van der Waals surface area contributed by atoms with Crippen molar-refractivity contribution in [2.45, 2.75) is 6.43 Å². The molecule has 0 spiro atoms. The zero-order chi connectivity index (χ0) is 10.7. The van der Waals surface area contributed by atoms with Gasteiger partial charge in [-0.2, -0.15) is 0 Å². The van der Waals surface area contributed by atoms with Gasteiger partial charge in [-0.25, -0.2) is 13.2 Å². The molecule has 0 radical (unpaired) electrons. The molecule has 0 aliphatic heterocycles. The van der Waals surface area contributed by atoms with Crippen LogP contribution in [-0.2, 0) is 0 Å². The van der Waals surface area contributed by atoms with Gasteiger partial charge < -0.3 is 0 Å². The molecule has 1 aromatic carbocycles. The van der Waals surface area contributed by atoms with Crippen LogP contribution < -0.4 is 0 Å². The van der Waals surface area contributed by atoms with Gasteiger partial charge in [0.1, 0.15) is 12.1 Å². The second-order valence-electron chi connectivity index (χ2n) is 2.54. The Labute approximate surface area is 77.3 Å². The summed E-state index contributed by atoms with van der Waals surface area (Å²) in [7, 11) is 0. The lowest BCUT2D eigenvalue weighted by Gasteiger charge is -2.05. The van der Waals surface area contributed by atoms with Crippen LogP contribution in [0.2, 0.25) is 0 Å². The first kappa shape index (κ1) is 10.4. The van der Waals surface area contributed by atoms with Crippen molar-refractivity contribution in [3.63, 3.8) is 0 Å². The summed E-state index contributed by atoms with van der Waals surface area (Å²) in [6.07, 6.45) is -2.74. The van der Waals surface area contributed by atoms with E-state index >= 15 is 0 Å². The van der Waals surface area contributed by atoms with E-state index in [2.05, 4.69) is 0 Å². The number of aldehydes is 2. The maximum absolute atomic E-state index is 12.9. The second kappa shape index (κ2) is 4.04. The molecule has 0 fully saturated rings. The Morgan fingerprint density at radius 3 is 2.21 bits per heavy atom. The van der Waals surface area contributed by atoms with E-state index in [0.717, 1.165) is 12.1 Å². The van der Waals surface area contributed by atoms with Gasteiger partial charge in [0.25, 0.3) is 6.43 Å². The summed E-state index contributed by atoms with van der Waals surface area (Å²) in [5, 5.41) is 0. The van der Waals surface area contributed by atoms with Crippen LogP contribution in [0.3, 0.4) is 0 Å². The molecular weight excluding hydrogens is 197 g/mol. The van der Waals surface area contributed by atoms with Crippen LogP contribution in [0.15, 0.2) is 12.1 Å². The van der Waals surface area contributed by atoms with Gasteiger partial charge in [-0.1, -0.05) is 0 Å². The van der Waals surface area contributed by atoms with Crippen molar-refractivity contribution in [3.05, 3.63) is 34.6 Å². The zero-order valence-electron chi connectivity index (χ0n) is 6.84. The van der Waals surface area contributed by atoms with E-state index in [-0.39, 0.29) is 18.1 Å². The Hall–Kier alpha value is -1.65. The van der Waals surface area contributed by atoms with Crippen molar-refractivity contribution in [1.82, 2.24) is 0 Å². The lowest BCUT2D eigenvalue weighted by Crippen LogP contribution is -1.99. The van der Waals surface area contributed by atoms with Gasteiger partial charge >= 0.3 is 0 Å². The third kappa shape index (κ3) is 1.81. The van der Waals surface area contributed by atoms with E-state index in [1.165, 1.54) is 0 Å². The largest absolute Gasteiger partial charge is 0.298 e. The Balaban J connectivity index is 3.42. The summed E-state index contributed by atoms with van der Waals surface area (Å²) in [6.45, 7) is 0. The molecule has 0 unspecified atom stereocenters. The standard InChI is InChI=1S/C9H5F3O2/c10-8-2-5(3-13)1-6(9(11)12)7(8)4-14/h1-4,9H. The van der Waals surface area contributed by atoms with Crippen molar-refractivity contribution in [1.29, 1.82) is 0 Å². The van der Waals surface area contributed by atoms with E-state index < -0.39 is 23.4 Å². The minimum absolute atomic E-state index is 0.00537. The molecule has 5 heteroatoms. The van der Waals surface area contributed by atoms with E-state index in [0.29, 0.717) is 0 Å². The fraction of sp³-hybridized carbons (Fsp3) is 0.111. The van der Waals surface area contributed by atoms with Gasteiger partial charge in [-0.15, -0.1) is 0 Å². The average molecular weight is 202 g/mol. The number of benzene rings is 1. The smallest absolute Gasteiger partial charge is 0.264 e. The summed E-state index contributed by atoms with van der Waals surface area (Å²) < 4.78 is 37.5. The predicted molar refractivity (Wildman–Crippen MR) is 42.1 cm³/mol. The molecule has 1 aromatic rings. The lowest BCUT2D eigenvalue weighted by atomic mass is 10.0. The Kier molecular flexibility index (Phi) is 3.01.